The van der Waals surface area contributed by atoms with Crippen LogP contribution >= 0.6 is 0 Å². The molecule has 0 fully saturated rings. The molecule has 0 saturated carbocycles. The van der Waals surface area contributed by atoms with Crippen molar-refractivity contribution in [2.75, 3.05) is 13.2 Å². The van der Waals surface area contributed by atoms with Crippen molar-refractivity contribution in [1.29, 1.82) is 0 Å². The van der Waals surface area contributed by atoms with Crippen LogP contribution in [0.2, 0.25) is 0 Å². The van der Waals surface area contributed by atoms with Crippen molar-refractivity contribution < 1.29 is 22.5 Å². The maximum absolute atomic E-state index is 11.1. The Morgan fingerprint density at radius 2 is 2.04 bits per heavy atom. The Labute approximate surface area is 138 Å². The number of hydrogen-bond acceptors (Lipinski definition) is 4. The third-order valence-corrected chi connectivity index (χ3v) is 4.68. The molecule has 0 spiro atoms. The number of alkyl carbamates (subject to hydrolysis) is 1. The van der Waals surface area contributed by atoms with E-state index in [0.717, 1.165) is 30.4 Å². The molecule has 1 aromatic carbocycles. The van der Waals surface area contributed by atoms with Gasteiger partial charge < -0.3 is 10.1 Å². The van der Waals surface area contributed by atoms with Gasteiger partial charge in [0.25, 0.3) is 10.1 Å². The van der Waals surface area contributed by atoms with Crippen molar-refractivity contribution in [3.05, 3.63) is 35.4 Å². The summed E-state index contributed by atoms with van der Waals surface area (Å²) in [6.07, 6.45) is 2.87. The highest BCUT2D eigenvalue weighted by atomic mass is 32.2. The van der Waals surface area contributed by atoms with Crippen LogP contribution in [-0.4, -0.2) is 32.2 Å². The molecule has 7 heteroatoms. The number of ether oxygens (including phenoxy) is 1. The number of amides is 1. The van der Waals surface area contributed by atoms with Crippen LogP contribution < -0.4 is 5.32 Å². The number of fused-ring (bicyclic) bond motifs is 1. The molecule has 1 aliphatic rings. The van der Waals surface area contributed by atoms with E-state index in [1.54, 1.807) is 13.0 Å². The zero-order valence-electron chi connectivity index (χ0n) is 13.6. The van der Waals surface area contributed by atoms with E-state index in [2.05, 4.69) is 10.1 Å². The summed E-state index contributed by atoms with van der Waals surface area (Å²) in [5, 5.41) is 1.86. The van der Waals surface area contributed by atoms with Crippen LogP contribution in [0, 0.1) is 0 Å². The molecule has 23 heavy (non-hydrogen) atoms. The number of nitrogens with one attached hydrogen (secondary N) is 1. The van der Waals surface area contributed by atoms with Gasteiger partial charge in [-0.2, -0.15) is 8.42 Å². The molecule has 1 aromatic rings. The number of aryl methyl sites for hydroxylation is 1. The Bertz CT molecular complexity index is 600. The number of rotatable bonds is 4. The minimum atomic E-state index is -3.94. The van der Waals surface area contributed by atoms with E-state index in [1.165, 1.54) is 0 Å². The first-order chi connectivity index (χ1) is 10.9. The minimum Gasteiger partial charge on any atom is -0.450 e. The fourth-order valence-corrected chi connectivity index (χ4v) is 3.44. The molecule has 1 amide bonds. The molecule has 2 rings (SSSR count). The van der Waals surface area contributed by atoms with Gasteiger partial charge in [0.15, 0.2) is 0 Å². The summed E-state index contributed by atoms with van der Waals surface area (Å²) in [5.74, 6) is 0. The fourth-order valence-electron chi connectivity index (χ4n) is 2.43. The maximum atomic E-state index is 11.1. The predicted octanol–water partition coefficient (Wildman–Crippen LogP) is 3.09. The molecule has 2 N–H and O–H groups in total. The zero-order chi connectivity index (χ0) is 17.3. The lowest BCUT2D eigenvalue weighted by atomic mass is 9.91. The predicted molar refractivity (Wildman–Crippen MR) is 89.0 cm³/mol. The van der Waals surface area contributed by atoms with Crippen molar-refractivity contribution >= 4 is 16.2 Å². The maximum Gasteiger partial charge on any atom is 0.407 e. The van der Waals surface area contributed by atoms with Crippen molar-refractivity contribution in [2.24, 2.45) is 0 Å². The van der Waals surface area contributed by atoms with Gasteiger partial charge in [0.1, 0.15) is 5.25 Å². The molecule has 1 aliphatic carbocycles. The van der Waals surface area contributed by atoms with Crippen LogP contribution in [0.5, 0.6) is 0 Å². The molecule has 0 radical (unpaired) electrons. The SMILES string of the molecule is CCCNC(=O)OCC.O=S(=O)(O)C1CCCc2ccccc21. The Hall–Kier alpha value is -1.60. The summed E-state index contributed by atoms with van der Waals surface area (Å²) in [7, 11) is -3.94. The molecule has 0 aromatic heterocycles. The summed E-state index contributed by atoms with van der Waals surface area (Å²) in [6.45, 7) is 4.91. The Kier molecular flexibility index (Phi) is 8.05. The normalized spacial score (nSPS) is 16.6. The molecule has 1 unspecified atom stereocenters. The van der Waals surface area contributed by atoms with Gasteiger partial charge in [0, 0.05) is 6.54 Å². The molecule has 0 heterocycles. The lowest BCUT2D eigenvalue weighted by Gasteiger charge is -2.22. The molecule has 130 valence electrons. The summed E-state index contributed by atoms with van der Waals surface area (Å²) in [4.78, 5) is 10.5. The topological polar surface area (TPSA) is 92.7 Å². The molecular formula is C16H25NO5S. The fraction of sp³-hybridized carbons (Fsp3) is 0.562. The Morgan fingerprint density at radius 1 is 1.35 bits per heavy atom. The number of benzene rings is 1. The number of carbonyl (C=O) groups is 1. The summed E-state index contributed by atoms with van der Waals surface area (Å²) in [6, 6.07) is 7.41. The van der Waals surface area contributed by atoms with E-state index in [4.69, 9.17) is 4.55 Å². The molecule has 1 atom stereocenters. The Balaban J connectivity index is 0.000000257. The van der Waals surface area contributed by atoms with E-state index in [-0.39, 0.29) is 6.09 Å². The minimum absolute atomic E-state index is 0.320. The number of hydrogen-bond donors (Lipinski definition) is 2. The standard InChI is InChI=1S/C10H12O3S.C6H13NO2/c11-14(12,13)10-7-3-5-8-4-1-2-6-9(8)10;1-3-5-7-6(8)9-4-2/h1-2,4,6,10H,3,5,7H2,(H,11,12,13);3-5H2,1-2H3,(H,7,8). The van der Waals surface area contributed by atoms with Gasteiger partial charge in [-0.1, -0.05) is 31.2 Å². The first kappa shape index (κ1) is 19.4. The first-order valence-electron chi connectivity index (χ1n) is 7.84. The van der Waals surface area contributed by atoms with E-state index < -0.39 is 15.4 Å². The van der Waals surface area contributed by atoms with Gasteiger partial charge in [0.2, 0.25) is 0 Å². The lowest BCUT2D eigenvalue weighted by molar-refractivity contribution is 0.152. The second-order valence-electron chi connectivity index (χ2n) is 5.24. The smallest absolute Gasteiger partial charge is 0.407 e. The van der Waals surface area contributed by atoms with Crippen molar-refractivity contribution in [3.8, 4) is 0 Å². The van der Waals surface area contributed by atoms with E-state index in [1.807, 2.05) is 25.1 Å². The van der Waals surface area contributed by atoms with Crippen LogP contribution in [0.1, 0.15) is 49.5 Å². The quantitative estimate of drug-likeness (QED) is 0.820. The highest BCUT2D eigenvalue weighted by molar-refractivity contribution is 7.86. The van der Waals surface area contributed by atoms with Crippen molar-refractivity contribution in [1.82, 2.24) is 5.32 Å². The first-order valence-corrected chi connectivity index (χ1v) is 9.35. The molecule has 0 aliphatic heterocycles. The van der Waals surface area contributed by atoms with Gasteiger partial charge in [0.05, 0.1) is 6.61 Å². The largest absolute Gasteiger partial charge is 0.450 e. The average molecular weight is 343 g/mol. The average Bonchev–Trinajstić information content (AvgIpc) is 2.52. The highest BCUT2D eigenvalue weighted by Gasteiger charge is 2.29. The van der Waals surface area contributed by atoms with Crippen molar-refractivity contribution in [3.63, 3.8) is 0 Å². The third kappa shape index (κ3) is 6.58. The Morgan fingerprint density at radius 3 is 2.65 bits per heavy atom. The van der Waals surface area contributed by atoms with Crippen LogP contribution in [-0.2, 0) is 21.3 Å². The summed E-state index contributed by atoms with van der Waals surface area (Å²) in [5.41, 5.74) is 1.81. The van der Waals surface area contributed by atoms with E-state index >= 15 is 0 Å². The van der Waals surface area contributed by atoms with Gasteiger partial charge in [-0.25, -0.2) is 4.79 Å². The van der Waals surface area contributed by atoms with Gasteiger partial charge in [-0.05, 0) is 43.7 Å². The summed E-state index contributed by atoms with van der Waals surface area (Å²) >= 11 is 0. The summed E-state index contributed by atoms with van der Waals surface area (Å²) < 4.78 is 35.9. The van der Waals surface area contributed by atoms with Crippen LogP contribution in [0.25, 0.3) is 0 Å². The van der Waals surface area contributed by atoms with Crippen LogP contribution in [0.4, 0.5) is 4.79 Å². The second kappa shape index (κ2) is 9.52. The number of carbonyl (C=O) groups excluding carboxylic acids is 1. The second-order valence-corrected chi connectivity index (χ2v) is 6.84. The van der Waals surface area contributed by atoms with Crippen molar-refractivity contribution in [2.45, 2.75) is 44.8 Å². The zero-order valence-corrected chi connectivity index (χ0v) is 14.4. The van der Waals surface area contributed by atoms with Gasteiger partial charge in [-0.15, -0.1) is 0 Å². The third-order valence-electron chi connectivity index (χ3n) is 3.47. The molecule has 6 nitrogen and oxygen atoms in total. The van der Waals surface area contributed by atoms with E-state index in [0.29, 0.717) is 19.6 Å². The highest BCUT2D eigenvalue weighted by Crippen LogP contribution is 2.34. The lowest BCUT2D eigenvalue weighted by Crippen LogP contribution is -2.24. The van der Waals surface area contributed by atoms with Gasteiger partial charge >= 0.3 is 6.09 Å². The molecular weight excluding hydrogens is 318 g/mol. The van der Waals surface area contributed by atoms with E-state index in [9.17, 15) is 13.2 Å². The van der Waals surface area contributed by atoms with Gasteiger partial charge in [-0.3, -0.25) is 4.55 Å². The molecule has 0 bridgehead atoms. The molecule has 0 saturated heterocycles. The van der Waals surface area contributed by atoms with Crippen LogP contribution in [0.3, 0.4) is 0 Å². The monoisotopic (exact) mass is 343 g/mol. The van der Waals surface area contributed by atoms with Crippen LogP contribution in [0.15, 0.2) is 24.3 Å².